The molecular weight excluding hydrogens is 399 g/mol. The number of rotatable bonds is 5. The number of hydrogen-bond acceptors (Lipinski definition) is 4. The molecule has 1 N–H and O–H groups in total. The van der Waals surface area contributed by atoms with Gasteiger partial charge < -0.3 is 9.84 Å². The van der Waals surface area contributed by atoms with Crippen molar-refractivity contribution in [3.8, 4) is 0 Å². The number of β-amino-alcohol motifs (C(OH)–C–C–N with tert-alkyl or cyclic N) is 1. The summed E-state index contributed by atoms with van der Waals surface area (Å²) in [5.41, 5.74) is 1.45. The second kappa shape index (κ2) is 8.38. The second-order valence-corrected chi connectivity index (χ2v) is 9.26. The van der Waals surface area contributed by atoms with Crippen LogP contribution in [0.1, 0.15) is 46.8 Å². The average molecular weight is 426 g/mol. The Kier molecular flexibility index (Phi) is 6.02. The van der Waals surface area contributed by atoms with E-state index in [4.69, 9.17) is 4.74 Å². The first-order valence-corrected chi connectivity index (χ1v) is 10.9. The molecule has 3 heterocycles. The molecule has 3 nitrogen and oxygen atoms in total. The number of aliphatic hydroxyl groups excluding tert-OH is 1. The van der Waals surface area contributed by atoms with Gasteiger partial charge in [-0.15, -0.1) is 11.3 Å². The summed E-state index contributed by atoms with van der Waals surface area (Å²) in [4.78, 5) is 4.08. The van der Waals surface area contributed by atoms with Crippen LogP contribution in [0.4, 0.5) is 13.2 Å². The quantitative estimate of drug-likeness (QED) is 0.755. The summed E-state index contributed by atoms with van der Waals surface area (Å²) in [7, 11) is 0. The first-order chi connectivity index (χ1) is 13.9. The van der Waals surface area contributed by atoms with Crippen LogP contribution in [0.2, 0.25) is 0 Å². The number of fused-ring (bicyclic) bond motifs is 2. The summed E-state index contributed by atoms with van der Waals surface area (Å²) >= 11 is 1.48. The molecule has 4 rings (SSSR count). The van der Waals surface area contributed by atoms with Gasteiger partial charge in [0.1, 0.15) is 11.4 Å². The molecule has 1 aromatic carbocycles. The second-order valence-electron chi connectivity index (χ2n) is 8.12. The third kappa shape index (κ3) is 4.38. The van der Waals surface area contributed by atoms with Gasteiger partial charge in [0.2, 0.25) is 6.43 Å². The van der Waals surface area contributed by atoms with Crippen LogP contribution in [-0.4, -0.2) is 42.2 Å². The number of alkyl halides is 2. The molecule has 0 bridgehead atoms. The van der Waals surface area contributed by atoms with Crippen LogP contribution < -0.4 is 0 Å². The summed E-state index contributed by atoms with van der Waals surface area (Å²) in [5.74, 6) is -0.318. The summed E-state index contributed by atoms with van der Waals surface area (Å²) in [5, 5.41) is 10.6. The van der Waals surface area contributed by atoms with Crippen molar-refractivity contribution in [2.24, 2.45) is 0 Å². The van der Waals surface area contributed by atoms with Gasteiger partial charge >= 0.3 is 0 Å². The molecule has 1 unspecified atom stereocenters. The van der Waals surface area contributed by atoms with E-state index in [0.717, 1.165) is 41.1 Å². The van der Waals surface area contributed by atoms with Crippen LogP contribution in [0.25, 0.3) is 0 Å². The summed E-state index contributed by atoms with van der Waals surface area (Å²) < 4.78 is 45.1. The van der Waals surface area contributed by atoms with Crippen molar-refractivity contribution >= 4 is 11.3 Å². The van der Waals surface area contributed by atoms with Gasteiger partial charge in [0.15, 0.2) is 0 Å². The fourth-order valence-electron chi connectivity index (χ4n) is 4.61. The van der Waals surface area contributed by atoms with Gasteiger partial charge in [0.25, 0.3) is 0 Å². The van der Waals surface area contributed by atoms with Crippen molar-refractivity contribution in [2.45, 2.75) is 56.8 Å². The van der Waals surface area contributed by atoms with Gasteiger partial charge in [-0.2, -0.15) is 0 Å². The zero-order valence-corrected chi connectivity index (χ0v) is 17.2. The molecule has 0 amide bonds. The summed E-state index contributed by atoms with van der Waals surface area (Å²) in [6.45, 7) is 3.95. The number of thiophene rings is 1. The van der Waals surface area contributed by atoms with E-state index in [0.29, 0.717) is 18.7 Å². The molecule has 1 spiro atoms. The summed E-state index contributed by atoms with van der Waals surface area (Å²) in [6.07, 6.45) is -0.896. The van der Waals surface area contributed by atoms with Crippen LogP contribution in [0.15, 0.2) is 30.3 Å². The van der Waals surface area contributed by atoms with Gasteiger partial charge in [0, 0.05) is 35.3 Å². The largest absolute Gasteiger partial charge is 0.387 e. The van der Waals surface area contributed by atoms with E-state index in [1.165, 1.54) is 23.5 Å². The minimum atomic E-state index is -2.33. The number of nitrogens with zero attached hydrogens (tertiary/aromatic N) is 1. The van der Waals surface area contributed by atoms with E-state index in [9.17, 15) is 18.3 Å². The van der Waals surface area contributed by atoms with Gasteiger partial charge in [-0.25, -0.2) is 13.2 Å². The van der Waals surface area contributed by atoms with Crippen molar-refractivity contribution < 1.29 is 23.0 Å². The van der Waals surface area contributed by atoms with E-state index in [1.54, 1.807) is 12.1 Å². The fourth-order valence-corrected chi connectivity index (χ4v) is 6.00. The number of ether oxygens (including phenoxy) is 1. The lowest BCUT2D eigenvalue weighted by Crippen LogP contribution is -2.51. The first-order valence-electron chi connectivity index (χ1n) is 10.1. The molecule has 0 radical (unpaired) electrons. The molecule has 158 valence electrons. The Labute approximate surface area is 173 Å². The van der Waals surface area contributed by atoms with Crippen molar-refractivity contribution in [3.63, 3.8) is 0 Å². The smallest absolute Gasteiger partial charge is 0.243 e. The molecule has 29 heavy (non-hydrogen) atoms. The highest BCUT2D eigenvalue weighted by Gasteiger charge is 2.45. The van der Waals surface area contributed by atoms with E-state index in [-0.39, 0.29) is 18.3 Å². The molecule has 2 aliphatic heterocycles. The normalized spacial score (nSPS) is 26.1. The van der Waals surface area contributed by atoms with Crippen molar-refractivity contribution in [2.75, 3.05) is 19.7 Å². The predicted molar refractivity (Wildman–Crippen MR) is 107 cm³/mol. The van der Waals surface area contributed by atoms with Crippen molar-refractivity contribution in [1.29, 1.82) is 0 Å². The van der Waals surface area contributed by atoms with E-state index in [2.05, 4.69) is 11.8 Å². The maximum absolute atomic E-state index is 13.1. The molecule has 0 aliphatic carbocycles. The number of hydrogen-bond donors (Lipinski definition) is 1. The van der Waals surface area contributed by atoms with E-state index >= 15 is 0 Å². The number of halogens is 3. The van der Waals surface area contributed by atoms with Gasteiger partial charge in [0.05, 0.1) is 12.7 Å². The third-order valence-electron chi connectivity index (χ3n) is 6.09. The zero-order chi connectivity index (χ0) is 20.6. The first kappa shape index (κ1) is 20.8. The van der Waals surface area contributed by atoms with Gasteiger partial charge in [-0.3, -0.25) is 4.90 Å². The number of aliphatic hydroxyl groups is 1. The van der Waals surface area contributed by atoms with Crippen LogP contribution in [0, 0.1) is 5.82 Å². The molecule has 1 fully saturated rings. The Morgan fingerprint density at radius 3 is 2.76 bits per heavy atom. The van der Waals surface area contributed by atoms with Crippen LogP contribution in [-0.2, 0) is 23.2 Å². The third-order valence-corrected chi connectivity index (χ3v) is 7.48. The highest BCUT2D eigenvalue weighted by atomic mass is 32.1. The van der Waals surface area contributed by atoms with Crippen LogP contribution in [0.3, 0.4) is 0 Å². The SMILES string of the molecule is C[C@H]1C[C@@]2(CCN1CC(O)c1ccc(F)cc1)OCCc1cc(CC(F)F)sc12. The lowest BCUT2D eigenvalue weighted by atomic mass is 9.82. The molecular formula is C22H26F3NO2S. The molecule has 2 aliphatic rings. The van der Waals surface area contributed by atoms with Crippen molar-refractivity contribution in [1.82, 2.24) is 4.90 Å². The standard InChI is InChI=1S/C22H26F3NO2S/c1-14-12-22(21-16(6-9-28-22)10-18(29-21)11-20(24)25)7-8-26(14)13-19(27)15-2-4-17(23)5-3-15/h2-5,10,14,19-20,27H,6-9,11-13H2,1H3/t14-,19?,22+/m0/s1. The highest BCUT2D eigenvalue weighted by molar-refractivity contribution is 7.12. The summed E-state index contributed by atoms with van der Waals surface area (Å²) in [6, 6.07) is 8.05. The minimum absolute atomic E-state index is 0.172. The lowest BCUT2D eigenvalue weighted by Gasteiger charge is -2.47. The Balaban J connectivity index is 1.46. The van der Waals surface area contributed by atoms with E-state index in [1.807, 2.05) is 6.07 Å². The molecule has 1 aromatic heterocycles. The number of likely N-dealkylation sites (tertiary alicyclic amines) is 1. The average Bonchev–Trinajstić information content (AvgIpc) is 3.08. The van der Waals surface area contributed by atoms with Crippen LogP contribution >= 0.6 is 11.3 Å². The Morgan fingerprint density at radius 1 is 1.31 bits per heavy atom. The maximum atomic E-state index is 13.1. The predicted octanol–water partition coefficient (Wildman–Crippen LogP) is 4.68. The Hall–Kier alpha value is -1.41. The monoisotopic (exact) mass is 425 g/mol. The minimum Gasteiger partial charge on any atom is -0.387 e. The highest BCUT2D eigenvalue weighted by Crippen LogP contribution is 2.47. The number of benzene rings is 1. The van der Waals surface area contributed by atoms with E-state index < -0.39 is 18.1 Å². The van der Waals surface area contributed by atoms with Gasteiger partial charge in [-0.1, -0.05) is 12.1 Å². The Morgan fingerprint density at radius 2 is 2.07 bits per heavy atom. The molecule has 2 aromatic rings. The zero-order valence-electron chi connectivity index (χ0n) is 16.4. The molecule has 0 saturated carbocycles. The van der Waals surface area contributed by atoms with Crippen molar-refractivity contribution in [3.05, 3.63) is 57.0 Å². The lowest BCUT2D eigenvalue weighted by molar-refractivity contribution is -0.113. The molecule has 7 heteroatoms. The Bertz CT molecular complexity index is 841. The molecule has 1 saturated heterocycles. The molecule has 3 atom stereocenters. The number of piperidine rings is 1. The fraction of sp³-hybridized carbons (Fsp3) is 0.545. The van der Waals surface area contributed by atoms with Crippen LogP contribution in [0.5, 0.6) is 0 Å². The topological polar surface area (TPSA) is 32.7 Å². The van der Waals surface area contributed by atoms with Gasteiger partial charge in [-0.05, 0) is 55.5 Å². The maximum Gasteiger partial charge on any atom is 0.243 e.